The zero-order chi connectivity index (χ0) is 20.6. The Balaban J connectivity index is 2.08. The van der Waals surface area contributed by atoms with E-state index in [9.17, 15) is 14.4 Å². The molecular weight excluding hydrogens is 360 g/mol. The average molecular weight is 385 g/mol. The lowest BCUT2D eigenvalue weighted by Crippen LogP contribution is -2.52. The number of aromatic nitrogens is 2. The molecule has 0 aliphatic rings. The summed E-state index contributed by atoms with van der Waals surface area (Å²) in [6.07, 6.45) is 4.67. The van der Waals surface area contributed by atoms with Crippen LogP contribution >= 0.6 is 0 Å². The summed E-state index contributed by atoms with van der Waals surface area (Å²) in [7, 11) is 0. The zero-order valence-electron chi connectivity index (χ0n) is 16.2. The number of ether oxygens (including phenoxy) is 1. The molecule has 1 heterocycles. The number of nitrogens with zero attached hydrogens (tertiary/aromatic N) is 1. The smallest absolute Gasteiger partial charge is 0.408 e. The first-order valence-electron chi connectivity index (χ1n) is 8.96. The summed E-state index contributed by atoms with van der Waals surface area (Å²) in [5, 5.41) is 5.19. The molecule has 2 amide bonds. The van der Waals surface area contributed by atoms with E-state index in [2.05, 4.69) is 20.6 Å². The average Bonchev–Trinajstić information content (AvgIpc) is 3.13. The monoisotopic (exact) mass is 385 g/mol. The molecule has 2 aromatic rings. The summed E-state index contributed by atoms with van der Waals surface area (Å²) in [5.74, 6) is -0.501. The van der Waals surface area contributed by atoms with E-state index in [0.29, 0.717) is 5.69 Å². The number of nitrogens with one attached hydrogen (secondary N) is 3. The Bertz CT molecular complexity index is 769. The molecule has 3 N–H and O–H groups in total. The van der Waals surface area contributed by atoms with Crippen molar-refractivity contribution in [3.63, 3.8) is 0 Å². The predicted molar refractivity (Wildman–Crippen MR) is 103 cm³/mol. The van der Waals surface area contributed by atoms with Crippen molar-refractivity contribution in [2.75, 3.05) is 0 Å². The van der Waals surface area contributed by atoms with E-state index in [4.69, 9.17) is 4.74 Å². The Morgan fingerprint density at radius 1 is 1.18 bits per heavy atom. The number of carbonyl (C=O) groups excluding carboxylic acids is 3. The fraction of sp³-hybridized carbons (Fsp3) is 0.400. The molecule has 149 valence electrons. The largest absolute Gasteiger partial charge is 0.444 e. The fourth-order valence-corrected chi connectivity index (χ4v) is 2.52. The van der Waals surface area contributed by atoms with Gasteiger partial charge in [0.1, 0.15) is 17.7 Å². The highest BCUT2D eigenvalue weighted by Gasteiger charge is 2.26. The molecule has 0 fully saturated rings. The molecule has 8 heteroatoms. The Kier molecular flexibility index (Phi) is 7.31. The van der Waals surface area contributed by atoms with Crippen LogP contribution < -0.4 is 10.6 Å². The lowest BCUT2D eigenvalue weighted by molar-refractivity contribution is -0.123. The van der Waals surface area contributed by atoms with Crippen molar-refractivity contribution < 1.29 is 19.1 Å². The number of carbonyl (C=O) groups is 2. The van der Waals surface area contributed by atoms with Gasteiger partial charge in [-0.3, -0.25) is 9.59 Å². The Labute approximate surface area is 164 Å². The highest BCUT2D eigenvalue weighted by Crippen LogP contribution is 2.09. The quantitative estimate of drug-likeness (QED) is 0.640. The van der Waals surface area contributed by atoms with Gasteiger partial charge < -0.3 is 20.4 Å². The molecule has 0 saturated heterocycles. The molecule has 28 heavy (non-hydrogen) atoms. The number of H-pyrrole nitrogens is 1. The molecule has 2 rings (SSSR count). The van der Waals surface area contributed by atoms with Crippen LogP contribution in [0.4, 0.5) is 4.79 Å². The lowest BCUT2D eigenvalue weighted by atomic mass is 10.0. The van der Waals surface area contributed by atoms with Gasteiger partial charge in [-0.15, -0.1) is 0 Å². The molecule has 2 atom stereocenters. The molecule has 0 saturated carbocycles. The second-order valence-corrected chi connectivity index (χ2v) is 7.33. The number of amides is 2. The first-order chi connectivity index (χ1) is 13.3. The summed E-state index contributed by atoms with van der Waals surface area (Å²) in [6, 6.07) is 7.46. The van der Waals surface area contributed by atoms with Crippen LogP contribution in [0.3, 0.4) is 0 Å². The second-order valence-electron chi connectivity index (χ2n) is 7.33. The molecule has 0 unspecified atom stereocenters. The maximum absolute atomic E-state index is 12.8. The molecule has 8 nitrogen and oxygen atoms in total. The number of alkyl carbamates (subject to hydrolysis) is 1. The Morgan fingerprint density at radius 3 is 2.46 bits per heavy atom. The van der Waals surface area contributed by atoms with Crippen molar-refractivity contribution in [3.8, 4) is 0 Å². The maximum Gasteiger partial charge on any atom is 0.408 e. The Hall–Kier alpha value is -3.16. The lowest BCUT2D eigenvalue weighted by Gasteiger charge is -2.24. The number of rotatable bonds is 8. The van der Waals surface area contributed by atoms with Gasteiger partial charge in [0.05, 0.1) is 12.0 Å². The second kappa shape index (κ2) is 9.68. The van der Waals surface area contributed by atoms with E-state index in [1.807, 2.05) is 30.3 Å². The highest BCUT2D eigenvalue weighted by molar-refractivity contribution is 5.88. The zero-order valence-corrected chi connectivity index (χ0v) is 16.2. The van der Waals surface area contributed by atoms with E-state index in [1.54, 1.807) is 33.3 Å². The van der Waals surface area contributed by atoms with Crippen molar-refractivity contribution >= 4 is 18.3 Å². The van der Waals surface area contributed by atoms with Gasteiger partial charge in [0.15, 0.2) is 0 Å². The van der Waals surface area contributed by atoms with Gasteiger partial charge in [0.2, 0.25) is 12.2 Å². The van der Waals surface area contributed by atoms with Gasteiger partial charge >= 0.3 is 6.09 Å². The summed E-state index contributed by atoms with van der Waals surface area (Å²) in [5.41, 5.74) is 0.780. The molecule has 0 aliphatic carbocycles. The molecule has 1 radical (unpaired) electrons. The van der Waals surface area contributed by atoms with Crippen LogP contribution in [0, 0.1) is 0 Å². The number of hydrogen-bond donors (Lipinski definition) is 3. The van der Waals surface area contributed by atoms with Gasteiger partial charge in [0, 0.05) is 19.0 Å². The molecule has 0 aliphatic heterocycles. The minimum atomic E-state index is -0.910. The summed E-state index contributed by atoms with van der Waals surface area (Å²) in [6.45, 7) is 5.21. The van der Waals surface area contributed by atoms with Crippen LogP contribution in [-0.4, -0.2) is 45.9 Å². The molecule has 1 aromatic heterocycles. The minimum Gasteiger partial charge on any atom is -0.444 e. The highest BCUT2D eigenvalue weighted by atomic mass is 16.6. The third kappa shape index (κ3) is 7.22. The normalized spacial score (nSPS) is 13.2. The van der Waals surface area contributed by atoms with E-state index in [-0.39, 0.29) is 12.8 Å². The van der Waals surface area contributed by atoms with Crippen LogP contribution in [0.25, 0.3) is 0 Å². The topological polar surface area (TPSA) is 113 Å². The van der Waals surface area contributed by atoms with Crippen molar-refractivity contribution in [3.05, 3.63) is 54.1 Å². The first-order valence-corrected chi connectivity index (χ1v) is 8.96. The Morgan fingerprint density at radius 2 is 1.89 bits per heavy atom. The van der Waals surface area contributed by atoms with Gasteiger partial charge in [-0.1, -0.05) is 30.3 Å². The van der Waals surface area contributed by atoms with E-state index >= 15 is 0 Å². The van der Waals surface area contributed by atoms with Crippen LogP contribution in [0.15, 0.2) is 42.9 Å². The van der Waals surface area contributed by atoms with E-state index in [1.165, 1.54) is 6.33 Å². The van der Waals surface area contributed by atoms with Crippen LogP contribution in [0.1, 0.15) is 32.0 Å². The predicted octanol–water partition coefficient (Wildman–Crippen LogP) is 1.68. The van der Waals surface area contributed by atoms with Crippen molar-refractivity contribution in [2.24, 2.45) is 0 Å². The standard InChI is InChI=1S/C20H25N4O4/c1-20(2,3)28-19(27)24-17(9-14-7-5-4-6-8-14)18(26)23-16(12-25)10-15-11-21-13-22-15/h4-8,11,13,16-17H,9-10H2,1-3H3,(H,21,22)(H,23,26)(H,24,27)/t16-,17-/m0/s1. The third-order valence-corrected chi connectivity index (χ3v) is 3.72. The summed E-state index contributed by atoms with van der Waals surface area (Å²) in [4.78, 5) is 43.0. The fourth-order valence-electron chi connectivity index (χ4n) is 2.52. The van der Waals surface area contributed by atoms with Crippen molar-refractivity contribution in [1.82, 2.24) is 20.6 Å². The molecular formula is C20H25N4O4. The number of hydrogen-bond acceptors (Lipinski definition) is 5. The van der Waals surface area contributed by atoms with Gasteiger partial charge in [-0.25, -0.2) is 9.78 Å². The van der Waals surface area contributed by atoms with Gasteiger partial charge in [-0.2, -0.15) is 0 Å². The SMILES string of the molecule is CC(C)(C)OC(=O)N[C@@H](Cc1ccccc1)C(=O)N[C@H]([C]=O)Cc1c[nH]cn1. The summed E-state index contributed by atoms with van der Waals surface area (Å²) < 4.78 is 5.25. The molecule has 1 aromatic carbocycles. The van der Waals surface area contributed by atoms with Crippen molar-refractivity contribution in [2.45, 2.75) is 51.3 Å². The summed E-state index contributed by atoms with van der Waals surface area (Å²) >= 11 is 0. The first kappa shape index (κ1) is 21.1. The number of aromatic amines is 1. The number of imidazole rings is 1. The van der Waals surface area contributed by atoms with E-state index < -0.39 is 29.7 Å². The van der Waals surface area contributed by atoms with Crippen LogP contribution in [0.5, 0.6) is 0 Å². The van der Waals surface area contributed by atoms with Crippen LogP contribution in [-0.2, 0) is 27.2 Å². The molecule has 0 bridgehead atoms. The number of benzene rings is 1. The van der Waals surface area contributed by atoms with Gasteiger partial charge in [-0.05, 0) is 26.3 Å². The van der Waals surface area contributed by atoms with Crippen molar-refractivity contribution in [1.29, 1.82) is 0 Å². The molecule has 0 spiro atoms. The van der Waals surface area contributed by atoms with Gasteiger partial charge in [0.25, 0.3) is 0 Å². The third-order valence-electron chi connectivity index (χ3n) is 3.72. The van der Waals surface area contributed by atoms with E-state index in [0.717, 1.165) is 5.56 Å². The minimum absolute atomic E-state index is 0.198. The van der Waals surface area contributed by atoms with Crippen LogP contribution in [0.2, 0.25) is 0 Å². The maximum atomic E-state index is 12.8.